The number of hydrogen-bond donors (Lipinski definition) is 1. The van der Waals surface area contributed by atoms with Gasteiger partial charge in [-0.3, -0.25) is 0 Å². The third-order valence-electron chi connectivity index (χ3n) is 5.38. The van der Waals surface area contributed by atoms with Gasteiger partial charge in [0.2, 0.25) is 0 Å². The second-order valence-electron chi connectivity index (χ2n) is 7.22. The van der Waals surface area contributed by atoms with Gasteiger partial charge in [-0.1, -0.05) is 19.9 Å². The van der Waals surface area contributed by atoms with Gasteiger partial charge in [-0.05, 0) is 35.8 Å². The molecule has 1 aliphatic heterocycles. The smallest absolute Gasteiger partial charge is 0.165 e. The number of nitrogens with two attached hydrogens (primary N) is 1. The summed E-state index contributed by atoms with van der Waals surface area (Å²) in [6.45, 7) is 5.14. The van der Waals surface area contributed by atoms with Crippen molar-refractivity contribution in [3.8, 4) is 11.5 Å². The lowest BCUT2D eigenvalue weighted by Gasteiger charge is -2.28. The van der Waals surface area contributed by atoms with Crippen molar-refractivity contribution < 1.29 is 14.2 Å². The Morgan fingerprint density at radius 3 is 2.68 bits per heavy atom. The molecule has 1 saturated carbocycles. The van der Waals surface area contributed by atoms with Gasteiger partial charge in [0.25, 0.3) is 0 Å². The maximum absolute atomic E-state index is 6.55. The first-order chi connectivity index (χ1) is 10.5. The zero-order valence-corrected chi connectivity index (χ0v) is 14.0. The van der Waals surface area contributed by atoms with E-state index in [1.54, 1.807) is 14.2 Å². The van der Waals surface area contributed by atoms with Crippen LogP contribution in [-0.2, 0) is 11.2 Å². The molecule has 4 heteroatoms. The zero-order chi connectivity index (χ0) is 15.9. The molecule has 0 radical (unpaired) electrons. The molecule has 3 rings (SSSR count). The van der Waals surface area contributed by atoms with E-state index in [0.717, 1.165) is 24.3 Å². The molecular weight excluding hydrogens is 278 g/mol. The molecule has 4 nitrogen and oxygen atoms in total. The first-order valence-electron chi connectivity index (χ1n) is 8.09. The lowest BCUT2D eigenvalue weighted by atomic mass is 9.81. The molecule has 1 heterocycles. The Morgan fingerprint density at radius 1 is 1.32 bits per heavy atom. The van der Waals surface area contributed by atoms with E-state index in [0.29, 0.717) is 12.5 Å². The zero-order valence-electron chi connectivity index (χ0n) is 14.0. The molecule has 1 aromatic carbocycles. The second-order valence-corrected chi connectivity index (χ2v) is 7.22. The van der Waals surface area contributed by atoms with Gasteiger partial charge in [0.1, 0.15) is 6.10 Å². The van der Waals surface area contributed by atoms with E-state index in [9.17, 15) is 0 Å². The Morgan fingerprint density at radius 2 is 2.09 bits per heavy atom. The van der Waals surface area contributed by atoms with Gasteiger partial charge in [0, 0.05) is 25.1 Å². The van der Waals surface area contributed by atoms with Crippen LogP contribution in [0, 0.1) is 5.41 Å². The van der Waals surface area contributed by atoms with Gasteiger partial charge in [-0.15, -0.1) is 0 Å². The van der Waals surface area contributed by atoms with Gasteiger partial charge in [-0.2, -0.15) is 0 Å². The van der Waals surface area contributed by atoms with Crippen LogP contribution in [0.4, 0.5) is 0 Å². The van der Waals surface area contributed by atoms with E-state index in [2.05, 4.69) is 19.9 Å². The molecule has 2 aliphatic rings. The molecule has 1 aliphatic carbocycles. The molecule has 2 N–H and O–H groups in total. The lowest BCUT2D eigenvalue weighted by molar-refractivity contribution is 0.0935. The van der Waals surface area contributed by atoms with Gasteiger partial charge in [0.05, 0.1) is 13.7 Å². The van der Waals surface area contributed by atoms with Gasteiger partial charge >= 0.3 is 0 Å². The molecule has 0 bridgehead atoms. The number of ether oxygens (including phenoxy) is 3. The van der Waals surface area contributed by atoms with Crippen molar-refractivity contribution in [2.45, 2.75) is 51.2 Å². The highest BCUT2D eigenvalue weighted by Gasteiger charge is 2.42. The molecule has 122 valence electrons. The van der Waals surface area contributed by atoms with E-state index < -0.39 is 0 Å². The Kier molecular flexibility index (Phi) is 4.08. The third kappa shape index (κ3) is 2.48. The summed E-state index contributed by atoms with van der Waals surface area (Å²) in [7, 11) is 3.40. The van der Waals surface area contributed by atoms with Crippen LogP contribution in [0.15, 0.2) is 12.1 Å². The fraction of sp³-hybridized carbons (Fsp3) is 0.667. The average molecular weight is 305 g/mol. The van der Waals surface area contributed by atoms with Crippen molar-refractivity contribution in [2.24, 2.45) is 11.1 Å². The summed E-state index contributed by atoms with van der Waals surface area (Å²) in [5.74, 6) is 2.10. The van der Waals surface area contributed by atoms with Crippen LogP contribution in [0.25, 0.3) is 0 Å². The molecule has 1 fully saturated rings. The summed E-state index contributed by atoms with van der Waals surface area (Å²) in [6, 6.07) is 4.38. The summed E-state index contributed by atoms with van der Waals surface area (Å²) in [5, 5.41) is 0. The first-order valence-corrected chi connectivity index (χ1v) is 8.09. The molecule has 0 saturated heterocycles. The predicted octanol–water partition coefficient (Wildman–Crippen LogP) is 2.88. The van der Waals surface area contributed by atoms with Crippen molar-refractivity contribution in [3.63, 3.8) is 0 Å². The van der Waals surface area contributed by atoms with Crippen LogP contribution in [0.1, 0.15) is 43.7 Å². The normalized spacial score (nSPS) is 29.2. The minimum absolute atomic E-state index is 0.0701. The summed E-state index contributed by atoms with van der Waals surface area (Å²) >= 11 is 0. The number of fused-ring (bicyclic) bond motifs is 1. The number of rotatable bonds is 4. The van der Waals surface area contributed by atoms with Crippen LogP contribution in [0.3, 0.4) is 0 Å². The second kappa shape index (κ2) is 5.74. The molecule has 0 spiro atoms. The summed E-state index contributed by atoms with van der Waals surface area (Å²) in [5.41, 5.74) is 9.35. The SMILES string of the molecule is COCC1Cc2c(C3CCC(C)(C)C3N)ccc(OC)c2O1. The standard InChI is InChI=1S/C18H27NO3/c1-18(2)8-7-13(17(18)19)12-5-6-15(21-4)16-14(12)9-11(22-16)10-20-3/h5-6,11,13,17H,7-10,19H2,1-4H3. The van der Waals surface area contributed by atoms with Crippen molar-refractivity contribution in [3.05, 3.63) is 23.3 Å². The van der Waals surface area contributed by atoms with E-state index in [1.807, 2.05) is 6.07 Å². The maximum Gasteiger partial charge on any atom is 0.165 e. The highest BCUT2D eigenvalue weighted by atomic mass is 16.5. The number of hydrogen-bond acceptors (Lipinski definition) is 4. The van der Waals surface area contributed by atoms with Gasteiger partial charge in [0.15, 0.2) is 11.5 Å². The molecule has 0 amide bonds. The summed E-state index contributed by atoms with van der Waals surface area (Å²) in [6.07, 6.45) is 3.25. The highest BCUT2D eigenvalue weighted by Crippen LogP contribution is 2.50. The van der Waals surface area contributed by atoms with E-state index in [-0.39, 0.29) is 17.6 Å². The van der Waals surface area contributed by atoms with Crippen molar-refractivity contribution >= 4 is 0 Å². The van der Waals surface area contributed by atoms with Crippen LogP contribution in [-0.4, -0.2) is 33.0 Å². The van der Waals surface area contributed by atoms with Crippen LogP contribution < -0.4 is 15.2 Å². The summed E-state index contributed by atoms with van der Waals surface area (Å²) in [4.78, 5) is 0. The fourth-order valence-corrected chi connectivity index (χ4v) is 3.95. The van der Waals surface area contributed by atoms with Crippen LogP contribution >= 0.6 is 0 Å². The van der Waals surface area contributed by atoms with Crippen molar-refractivity contribution in [1.29, 1.82) is 0 Å². The van der Waals surface area contributed by atoms with Crippen LogP contribution in [0.2, 0.25) is 0 Å². The molecule has 22 heavy (non-hydrogen) atoms. The highest BCUT2D eigenvalue weighted by molar-refractivity contribution is 5.55. The van der Waals surface area contributed by atoms with Crippen molar-refractivity contribution in [2.75, 3.05) is 20.8 Å². The Hall–Kier alpha value is -1.26. The van der Waals surface area contributed by atoms with E-state index in [4.69, 9.17) is 19.9 Å². The quantitative estimate of drug-likeness (QED) is 0.929. The topological polar surface area (TPSA) is 53.7 Å². The first kappa shape index (κ1) is 15.6. The predicted molar refractivity (Wildman–Crippen MR) is 86.7 cm³/mol. The number of methoxy groups -OCH3 is 2. The van der Waals surface area contributed by atoms with Gasteiger partial charge < -0.3 is 19.9 Å². The van der Waals surface area contributed by atoms with Gasteiger partial charge in [-0.25, -0.2) is 0 Å². The van der Waals surface area contributed by atoms with E-state index >= 15 is 0 Å². The molecular formula is C18H27NO3. The lowest BCUT2D eigenvalue weighted by Crippen LogP contribution is -2.36. The Balaban J connectivity index is 1.96. The molecule has 3 unspecified atom stereocenters. The van der Waals surface area contributed by atoms with E-state index in [1.165, 1.54) is 17.5 Å². The largest absolute Gasteiger partial charge is 0.493 e. The molecule has 1 aromatic rings. The third-order valence-corrected chi connectivity index (χ3v) is 5.38. The molecule has 3 atom stereocenters. The minimum Gasteiger partial charge on any atom is -0.493 e. The maximum atomic E-state index is 6.55. The monoisotopic (exact) mass is 305 g/mol. The number of benzene rings is 1. The average Bonchev–Trinajstić information content (AvgIpc) is 3.01. The molecule has 0 aromatic heterocycles. The Labute approximate surface area is 132 Å². The minimum atomic E-state index is 0.0701. The van der Waals surface area contributed by atoms with Crippen LogP contribution in [0.5, 0.6) is 11.5 Å². The Bertz CT molecular complexity index is 556. The van der Waals surface area contributed by atoms with Crippen molar-refractivity contribution in [1.82, 2.24) is 0 Å². The fourth-order valence-electron chi connectivity index (χ4n) is 3.95. The summed E-state index contributed by atoms with van der Waals surface area (Å²) < 4.78 is 16.8.